The van der Waals surface area contributed by atoms with Gasteiger partial charge in [-0.25, -0.2) is 9.07 Å². The number of nitrogens with zero attached hydrogens (tertiary/aromatic N) is 5. The maximum atomic E-state index is 14.1. The van der Waals surface area contributed by atoms with Crippen molar-refractivity contribution in [1.29, 1.82) is 0 Å². The molecule has 4 rings (SSSR count). The van der Waals surface area contributed by atoms with Gasteiger partial charge in [-0.05, 0) is 77.6 Å². The predicted molar refractivity (Wildman–Crippen MR) is 120 cm³/mol. The zero-order valence-corrected chi connectivity index (χ0v) is 18.1. The Balaban J connectivity index is 1.78. The summed E-state index contributed by atoms with van der Waals surface area (Å²) >= 11 is 0. The Kier molecular flexibility index (Phi) is 6.45. The van der Waals surface area contributed by atoms with E-state index in [9.17, 15) is 14.0 Å². The first kappa shape index (κ1) is 22.1. The number of terminal acetylenes is 1. The molecular weight excluding hydrogens is 423 g/mol. The molecule has 0 aliphatic heterocycles. The number of tetrazole rings is 1. The monoisotopic (exact) mass is 446 g/mol. The summed E-state index contributed by atoms with van der Waals surface area (Å²) in [5.74, 6) is 0.492. The Bertz CT molecular complexity index is 1200. The molecule has 1 aliphatic rings. The van der Waals surface area contributed by atoms with Crippen LogP contribution in [0.2, 0.25) is 0 Å². The summed E-state index contributed by atoms with van der Waals surface area (Å²) in [6, 6.07) is 9.65. The van der Waals surface area contributed by atoms with Crippen molar-refractivity contribution in [2.24, 2.45) is 0 Å². The highest BCUT2D eigenvalue weighted by atomic mass is 19.1. The first-order chi connectivity index (χ1) is 16.0. The average Bonchev–Trinajstić information content (AvgIpc) is 3.51. The Morgan fingerprint density at radius 1 is 1.24 bits per heavy atom. The molecule has 9 heteroatoms. The second-order valence-corrected chi connectivity index (χ2v) is 7.99. The Hall–Kier alpha value is -4.06. The molecule has 168 valence electrons. The molecule has 2 amide bonds. The van der Waals surface area contributed by atoms with E-state index in [0.29, 0.717) is 16.9 Å². The van der Waals surface area contributed by atoms with Crippen LogP contribution >= 0.6 is 0 Å². The van der Waals surface area contributed by atoms with Gasteiger partial charge in [-0.2, -0.15) is 0 Å². The number of hydrogen-bond donors (Lipinski definition) is 1. The van der Waals surface area contributed by atoms with Crippen molar-refractivity contribution in [3.05, 3.63) is 65.7 Å². The van der Waals surface area contributed by atoms with Crippen LogP contribution in [0.1, 0.15) is 42.9 Å². The zero-order valence-electron chi connectivity index (χ0n) is 18.1. The Labute approximate surface area is 190 Å². The number of rotatable bonds is 6. The van der Waals surface area contributed by atoms with Crippen molar-refractivity contribution in [3.63, 3.8) is 0 Å². The van der Waals surface area contributed by atoms with Crippen LogP contribution in [0.15, 0.2) is 48.8 Å². The summed E-state index contributed by atoms with van der Waals surface area (Å²) in [5.41, 5.74) is 2.19. The largest absolute Gasteiger partial charge is 0.351 e. The summed E-state index contributed by atoms with van der Waals surface area (Å²) in [6.07, 6.45) is 10.7. The minimum Gasteiger partial charge on any atom is -0.351 e. The predicted octanol–water partition coefficient (Wildman–Crippen LogP) is 2.88. The van der Waals surface area contributed by atoms with Gasteiger partial charge in [0, 0.05) is 11.7 Å². The molecule has 1 aromatic heterocycles. The second-order valence-electron chi connectivity index (χ2n) is 7.99. The third kappa shape index (κ3) is 4.75. The first-order valence-corrected chi connectivity index (χ1v) is 10.7. The van der Waals surface area contributed by atoms with E-state index >= 15 is 0 Å². The van der Waals surface area contributed by atoms with Crippen LogP contribution in [0, 0.1) is 25.1 Å². The smallest absolute Gasteiger partial charge is 0.303 e. The fourth-order valence-corrected chi connectivity index (χ4v) is 4.22. The minimum absolute atomic E-state index is 0.0141. The van der Waals surface area contributed by atoms with Crippen LogP contribution in [0.3, 0.4) is 0 Å². The Morgan fingerprint density at radius 2 is 2.03 bits per heavy atom. The van der Waals surface area contributed by atoms with Crippen LogP contribution in [0.4, 0.5) is 10.1 Å². The average molecular weight is 446 g/mol. The molecule has 0 spiro atoms. The molecule has 1 fully saturated rings. The van der Waals surface area contributed by atoms with E-state index < -0.39 is 23.7 Å². The number of carbonyl (C=O) groups is 2. The summed E-state index contributed by atoms with van der Waals surface area (Å²) in [6.45, 7) is 1.83. The molecule has 1 N–H and O–H groups in total. The fourth-order valence-electron chi connectivity index (χ4n) is 4.22. The maximum absolute atomic E-state index is 14.1. The van der Waals surface area contributed by atoms with Crippen molar-refractivity contribution in [3.8, 4) is 18.0 Å². The van der Waals surface area contributed by atoms with Crippen LogP contribution in [0.25, 0.3) is 5.69 Å². The summed E-state index contributed by atoms with van der Waals surface area (Å²) in [7, 11) is 0. The number of hydrogen-bond acceptors (Lipinski definition) is 5. The molecule has 1 saturated carbocycles. The quantitative estimate of drug-likeness (QED) is 0.588. The lowest BCUT2D eigenvalue weighted by Gasteiger charge is -2.31. The molecule has 1 heterocycles. The molecular formula is C24H23FN6O2. The van der Waals surface area contributed by atoms with Gasteiger partial charge >= 0.3 is 5.91 Å². The minimum atomic E-state index is -1.14. The maximum Gasteiger partial charge on any atom is 0.303 e. The van der Waals surface area contributed by atoms with E-state index in [4.69, 9.17) is 6.42 Å². The number of anilines is 1. The highest BCUT2D eigenvalue weighted by molar-refractivity contribution is 6.09. The second kappa shape index (κ2) is 9.61. The molecule has 1 aliphatic carbocycles. The van der Waals surface area contributed by atoms with Gasteiger partial charge in [0.15, 0.2) is 0 Å². The SMILES string of the molecule is C#CC(=O)N(c1ccc(-n2cnnn2)c(C)c1)C(C(=O)NC1CCCC1)c1cccc(F)c1. The van der Waals surface area contributed by atoms with Gasteiger partial charge in [-0.1, -0.05) is 25.0 Å². The van der Waals surface area contributed by atoms with Gasteiger partial charge in [0.25, 0.3) is 0 Å². The van der Waals surface area contributed by atoms with E-state index in [-0.39, 0.29) is 6.04 Å². The highest BCUT2D eigenvalue weighted by Gasteiger charge is 2.34. The molecule has 2 aromatic carbocycles. The lowest BCUT2D eigenvalue weighted by atomic mass is 10.0. The van der Waals surface area contributed by atoms with Gasteiger partial charge in [-0.15, -0.1) is 11.5 Å². The number of aromatic nitrogens is 4. The van der Waals surface area contributed by atoms with Crippen LogP contribution in [0.5, 0.6) is 0 Å². The standard InChI is InChI=1S/C24H23FN6O2/c1-3-22(32)31(20-11-12-21(16(2)13-20)30-15-26-28-29-30)23(17-7-6-8-18(25)14-17)24(33)27-19-9-4-5-10-19/h1,6-8,11-15,19,23H,4-5,9-10H2,2H3,(H,27,33). The van der Waals surface area contributed by atoms with E-state index in [2.05, 4.69) is 26.8 Å². The lowest BCUT2D eigenvalue weighted by molar-refractivity contribution is -0.125. The number of halogens is 1. The number of amides is 2. The number of carbonyl (C=O) groups excluding carboxylic acids is 2. The van der Waals surface area contributed by atoms with Gasteiger partial charge in [0.1, 0.15) is 18.2 Å². The van der Waals surface area contributed by atoms with Crippen molar-refractivity contribution in [2.45, 2.75) is 44.7 Å². The zero-order chi connectivity index (χ0) is 23.4. The first-order valence-electron chi connectivity index (χ1n) is 10.7. The van der Waals surface area contributed by atoms with Gasteiger partial charge in [0.2, 0.25) is 5.91 Å². The molecule has 3 aromatic rings. The molecule has 8 nitrogen and oxygen atoms in total. The molecule has 0 radical (unpaired) electrons. The van der Waals surface area contributed by atoms with Crippen molar-refractivity contribution in [1.82, 2.24) is 25.5 Å². The van der Waals surface area contributed by atoms with Crippen molar-refractivity contribution < 1.29 is 14.0 Å². The van der Waals surface area contributed by atoms with E-state index in [1.54, 1.807) is 24.3 Å². The van der Waals surface area contributed by atoms with Gasteiger partial charge in [-0.3, -0.25) is 14.5 Å². The fraction of sp³-hybridized carbons (Fsp3) is 0.292. The van der Waals surface area contributed by atoms with Crippen LogP contribution in [-0.2, 0) is 9.59 Å². The highest BCUT2D eigenvalue weighted by Crippen LogP contribution is 2.31. The number of benzene rings is 2. The number of nitrogens with one attached hydrogen (secondary N) is 1. The summed E-state index contributed by atoms with van der Waals surface area (Å²) in [5, 5.41) is 14.2. The number of aryl methyl sites for hydroxylation is 1. The van der Waals surface area contributed by atoms with Crippen LogP contribution in [-0.4, -0.2) is 38.1 Å². The lowest BCUT2D eigenvalue weighted by Crippen LogP contribution is -2.46. The molecule has 0 bridgehead atoms. The van der Waals surface area contributed by atoms with Crippen molar-refractivity contribution >= 4 is 17.5 Å². The summed E-state index contributed by atoms with van der Waals surface area (Å²) in [4.78, 5) is 27.6. The topological polar surface area (TPSA) is 93.0 Å². The normalized spacial score (nSPS) is 14.5. The third-order valence-corrected chi connectivity index (χ3v) is 5.77. The van der Waals surface area contributed by atoms with Crippen molar-refractivity contribution in [2.75, 3.05) is 4.90 Å². The van der Waals surface area contributed by atoms with Gasteiger partial charge < -0.3 is 5.32 Å². The third-order valence-electron chi connectivity index (χ3n) is 5.77. The van der Waals surface area contributed by atoms with Crippen LogP contribution < -0.4 is 10.2 Å². The van der Waals surface area contributed by atoms with E-state index in [1.807, 2.05) is 6.92 Å². The molecule has 33 heavy (non-hydrogen) atoms. The molecule has 1 atom stereocenters. The Morgan fingerprint density at radius 3 is 2.67 bits per heavy atom. The van der Waals surface area contributed by atoms with E-state index in [1.165, 1.54) is 34.1 Å². The van der Waals surface area contributed by atoms with E-state index in [0.717, 1.165) is 31.2 Å². The molecule has 0 saturated heterocycles. The molecule has 1 unspecified atom stereocenters. The summed E-state index contributed by atoms with van der Waals surface area (Å²) < 4.78 is 15.6. The van der Waals surface area contributed by atoms with Gasteiger partial charge in [0.05, 0.1) is 5.69 Å².